The maximum absolute atomic E-state index is 13.1. The molecule has 29 heavy (non-hydrogen) atoms. The lowest BCUT2D eigenvalue weighted by atomic mass is 9.74. The zero-order valence-corrected chi connectivity index (χ0v) is 16.5. The van der Waals surface area contributed by atoms with Crippen LogP contribution in [-0.4, -0.2) is 46.2 Å². The summed E-state index contributed by atoms with van der Waals surface area (Å²) >= 11 is 0. The minimum Gasteiger partial charge on any atom is -0.342 e. The van der Waals surface area contributed by atoms with Crippen molar-refractivity contribution in [2.24, 2.45) is 5.92 Å². The largest absolute Gasteiger partial charge is 0.342 e. The summed E-state index contributed by atoms with van der Waals surface area (Å²) in [6.07, 6.45) is 8.49. The molecule has 0 saturated carbocycles. The molecule has 5 rings (SSSR count). The van der Waals surface area contributed by atoms with Gasteiger partial charge in [-0.25, -0.2) is 0 Å². The van der Waals surface area contributed by atoms with Gasteiger partial charge in [-0.2, -0.15) is 0 Å². The monoisotopic (exact) mass is 387 g/mol. The van der Waals surface area contributed by atoms with Crippen molar-refractivity contribution in [3.63, 3.8) is 0 Å². The van der Waals surface area contributed by atoms with Crippen LogP contribution in [0, 0.1) is 5.92 Å². The van der Waals surface area contributed by atoms with Crippen LogP contribution >= 0.6 is 0 Å². The Kier molecular flexibility index (Phi) is 4.46. The highest BCUT2D eigenvalue weighted by atomic mass is 16.2. The van der Waals surface area contributed by atoms with Crippen molar-refractivity contribution < 1.29 is 9.59 Å². The van der Waals surface area contributed by atoms with Gasteiger partial charge in [-0.1, -0.05) is 42.5 Å². The van der Waals surface area contributed by atoms with E-state index >= 15 is 0 Å². The van der Waals surface area contributed by atoms with Crippen molar-refractivity contribution in [1.82, 2.24) is 14.8 Å². The van der Waals surface area contributed by atoms with Crippen LogP contribution in [-0.2, 0) is 21.5 Å². The highest BCUT2D eigenvalue weighted by Gasteiger charge is 2.42. The van der Waals surface area contributed by atoms with Crippen molar-refractivity contribution in [2.45, 2.75) is 31.2 Å². The Morgan fingerprint density at radius 1 is 1.10 bits per heavy atom. The number of fused-ring (bicyclic) bond motifs is 2. The van der Waals surface area contributed by atoms with Crippen LogP contribution in [0.2, 0.25) is 0 Å². The first kappa shape index (κ1) is 18.1. The predicted octanol–water partition coefficient (Wildman–Crippen LogP) is 3.02. The molecule has 3 heterocycles. The van der Waals surface area contributed by atoms with Gasteiger partial charge in [0.2, 0.25) is 11.8 Å². The van der Waals surface area contributed by atoms with Gasteiger partial charge in [0.05, 0.1) is 18.2 Å². The molecule has 2 aromatic rings. The average molecular weight is 387 g/mol. The quantitative estimate of drug-likeness (QED) is 0.814. The van der Waals surface area contributed by atoms with Gasteiger partial charge < -0.3 is 9.80 Å². The van der Waals surface area contributed by atoms with E-state index < -0.39 is 0 Å². The molecule has 1 unspecified atom stereocenters. The van der Waals surface area contributed by atoms with Crippen LogP contribution < -0.4 is 0 Å². The first-order chi connectivity index (χ1) is 14.1. The van der Waals surface area contributed by atoms with Crippen molar-refractivity contribution in [3.8, 4) is 0 Å². The number of allylic oxidation sites excluding steroid dienone is 1. The van der Waals surface area contributed by atoms with Crippen LogP contribution in [0.5, 0.6) is 0 Å². The number of aromatic nitrogens is 1. The molecule has 3 aliphatic rings. The number of pyridine rings is 1. The number of piperidine rings is 1. The number of rotatable bonds is 3. The van der Waals surface area contributed by atoms with E-state index in [1.165, 1.54) is 11.1 Å². The molecule has 0 N–H and O–H groups in total. The molecule has 148 valence electrons. The summed E-state index contributed by atoms with van der Waals surface area (Å²) in [7, 11) is 0. The van der Waals surface area contributed by atoms with Gasteiger partial charge in [0.25, 0.3) is 0 Å². The van der Waals surface area contributed by atoms with E-state index in [1.807, 2.05) is 23.1 Å². The number of hydrogen-bond donors (Lipinski definition) is 0. The minimum absolute atomic E-state index is 0.0511. The molecule has 5 heteroatoms. The number of nitrogens with zero attached hydrogens (tertiary/aromatic N) is 3. The van der Waals surface area contributed by atoms with E-state index in [9.17, 15) is 9.59 Å². The molecule has 2 saturated heterocycles. The Morgan fingerprint density at radius 3 is 2.69 bits per heavy atom. The fourth-order valence-corrected chi connectivity index (χ4v) is 5.03. The molecular formula is C24H25N3O2. The maximum atomic E-state index is 13.1. The topological polar surface area (TPSA) is 53.5 Å². The molecule has 1 spiro atoms. The van der Waals surface area contributed by atoms with Gasteiger partial charge in [0.15, 0.2) is 0 Å². The van der Waals surface area contributed by atoms with Crippen molar-refractivity contribution >= 4 is 17.9 Å². The SMILES string of the molecule is O=C1CC(C(=O)N2CCC3(C=Cc4ccccc43)CC2)CN1Cc1ccccn1. The number of carbonyl (C=O) groups excluding carboxylic acids is 2. The van der Waals surface area contributed by atoms with Crippen LogP contribution in [0.15, 0.2) is 54.7 Å². The predicted molar refractivity (Wildman–Crippen MR) is 111 cm³/mol. The summed E-state index contributed by atoms with van der Waals surface area (Å²) in [6, 6.07) is 14.3. The molecule has 0 radical (unpaired) electrons. The summed E-state index contributed by atoms with van der Waals surface area (Å²) in [5.41, 5.74) is 3.63. The first-order valence-electron chi connectivity index (χ1n) is 10.4. The Hall–Kier alpha value is -2.95. The standard InChI is InChI=1S/C24H25N3O2/c28-22-15-19(16-27(22)17-20-6-3-4-12-25-20)23(29)26-13-10-24(11-14-26)9-8-18-5-1-2-7-21(18)24/h1-9,12,19H,10-11,13-17H2. The summed E-state index contributed by atoms with van der Waals surface area (Å²) in [6.45, 7) is 2.48. The van der Waals surface area contributed by atoms with Crippen LogP contribution in [0.3, 0.4) is 0 Å². The second kappa shape index (κ2) is 7.14. The summed E-state index contributed by atoms with van der Waals surface area (Å²) in [5, 5.41) is 0. The molecule has 2 aliphatic heterocycles. The molecule has 1 atom stereocenters. The van der Waals surface area contributed by atoms with Gasteiger partial charge in [0, 0.05) is 37.7 Å². The number of carbonyl (C=O) groups is 2. The highest BCUT2D eigenvalue weighted by Crippen LogP contribution is 2.43. The second-order valence-electron chi connectivity index (χ2n) is 8.40. The fraction of sp³-hybridized carbons (Fsp3) is 0.375. The Balaban J connectivity index is 1.22. The van der Waals surface area contributed by atoms with Crippen molar-refractivity contribution in [2.75, 3.05) is 19.6 Å². The van der Waals surface area contributed by atoms with E-state index in [2.05, 4.69) is 41.4 Å². The van der Waals surface area contributed by atoms with Gasteiger partial charge in [-0.05, 0) is 36.1 Å². The van der Waals surface area contributed by atoms with Gasteiger partial charge in [-0.15, -0.1) is 0 Å². The Bertz CT molecular complexity index is 961. The number of hydrogen-bond acceptors (Lipinski definition) is 3. The normalized spacial score (nSPS) is 22.3. The zero-order valence-electron chi connectivity index (χ0n) is 16.5. The van der Waals surface area contributed by atoms with E-state index in [4.69, 9.17) is 0 Å². The lowest BCUT2D eigenvalue weighted by Crippen LogP contribution is -2.46. The van der Waals surface area contributed by atoms with Gasteiger partial charge in [0.1, 0.15) is 0 Å². The third-order valence-corrected chi connectivity index (χ3v) is 6.69. The lowest BCUT2D eigenvalue weighted by molar-refractivity contribution is -0.137. The molecular weight excluding hydrogens is 362 g/mol. The molecule has 1 aliphatic carbocycles. The van der Waals surface area contributed by atoms with Crippen LogP contribution in [0.4, 0.5) is 0 Å². The average Bonchev–Trinajstić information content (AvgIpc) is 3.30. The van der Waals surface area contributed by atoms with E-state index in [-0.39, 0.29) is 23.1 Å². The lowest BCUT2D eigenvalue weighted by Gasteiger charge is -2.40. The second-order valence-corrected chi connectivity index (χ2v) is 8.40. The Morgan fingerprint density at radius 2 is 1.90 bits per heavy atom. The van der Waals surface area contributed by atoms with E-state index in [1.54, 1.807) is 11.1 Å². The number of likely N-dealkylation sites (tertiary alicyclic amines) is 2. The summed E-state index contributed by atoms with van der Waals surface area (Å²) in [4.78, 5) is 33.6. The maximum Gasteiger partial charge on any atom is 0.227 e. The zero-order chi connectivity index (χ0) is 19.8. The molecule has 1 aromatic heterocycles. The summed E-state index contributed by atoms with van der Waals surface area (Å²) < 4.78 is 0. The minimum atomic E-state index is -0.230. The smallest absolute Gasteiger partial charge is 0.227 e. The third kappa shape index (κ3) is 3.24. The van der Waals surface area contributed by atoms with Crippen molar-refractivity contribution in [3.05, 3.63) is 71.6 Å². The molecule has 2 amide bonds. The third-order valence-electron chi connectivity index (χ3n) is 6.69. The molecule has 1 aromatic carbocycles. The molecule has 0 bridgehead atoms. The van der Waals surface area contributed by atoms with Gasteiger partial charge >= 0.3 is 0 Å². The highest BCUT2D eigenvalue weighted by molar-refractivity contribution is 5.89. The molecule has 2 fully saturated rings. The fourth-order valence-electron chi connectivity index (χ4n) is 5.03. The Labute approximate surface area is 171 Å². The number of benzene rings is 1. The van der Waals surface area contributed by atoms with Crippen molar-refractivity contribution in [1.29, 1.82) is 0 Å². The molecule has 5 nitrogen and oxygen atoms in total. The summed E-state index contributed by atoms with van der Waals surface area (Å²) in [5.74, 6) is -0.0474. The first-order valence-corrected chi connectivity index (χ1v) is 10.4. The van der Waals surface area contributed by atoms with Crippen LogP contribution in [0.25, 0.3) is 6.08 Å². The van der Waals surface area contributed by atoms with E-state index in [0.717, 1.165) is 31.6 Å². The van der Waals surface area contributed by atoms with Gasteiger partial charge in [-0.3, -0.25) is 14.6 Å². The van der Waals surface area contributed by atoms with Crippen LogP contribution in [0.1, 0.15) is 36.1 Å². The number of amides is 2. The van der Waals surface area contributed by atoms with E-state index in [0.29, 0.717) is 19.5 Å².